The number of ether oxygens (including phenoxy) is 3. The number of carbonyl (C=O) groups is 3. The van der Waals surface area contributed by atoms with Gasteiger partial charge in [0.05, 0.1) is 43.5 Å². The van der Waals surface area contributed by atoms with Crippen molar-refractivity contribution in [2.24, 2.45) is 23.7 Å². The number of hydrogen-bond acceptors (Lipinski definition) is 11. The molecule has 0 radical (unpaired) electrons. The zero-order chi connectivity index (χ0) is 31.7. The molecule has 0 saturated carbocycles. The van der Waals surface area contributed by atoms with Crippen LogP contribution < -0.4 is 0 Å². The minimum Gasteiger partial charge on any atom is -0.462 e. The Hall–Kier alpha value is -1.99. The maximum atomic E-state index is 13.1. The van der Waals surface area contributed by atoms with Crippen LogP contribution in [0.2, 0.25) is 0 Å². The quantitative estimate of drug-likeness (QED) is 0.248. The van der Waals surface area contributed by atoms with Crippen LogP contribution in [0.1, 0.15) is 60.3 Å². The van der Waals surface area contributed by atoms with Crippen molar-refractivity contribution in [1.29, 1.82) is 0 Å². The van der Waals surface area contributed by atoms with E-state index in [1.807, 2.05) is 6.92 Å². The summed E-state index contributed by atoms with van der Waals surface area (Å²) in [5, 5.41) is 43.0. The number of aliphatic hydroxyl groups is 4. The van der Waals surface area contributed by atoms with Crippen molar-refractivity contribution in [3.63, 3.8) is 0 Å². The van der Waals surface area contributed by atoms with Gasteiger partial charge in [0.2, 0.25) is 0 Å². The highest BCUT2D eigenvalue weighted by molar-refractivity contribution is 5.91. The number of aldehydes is 1. The van der Waals surface area contributed by atoms with Crippen LogP contribution in [0.25, 0.3) is 0 Å². The zero-order valence-electron chi connectivity index (χ0n) is 26.0. The fourth-order valence-electron chi connectivity index (χ4n) is 5.93. The van der Waals surface area contributed by atoms with Crippen molar-refractivity contribution in [2.45, 2.75) is 109 Å². The Morgan fingerprint density at radius 3 is 2.33 bits per heavy atom. The molecule has 2 aliphatic heterocycles. The summed E-state index contributed by atoms with van der Waals surface area (Å²) in [5.74, 6) is -3.16. The summed E-state index contributed by atoms with van der Waals surface area (Å²) < 4.78 is 17.9. The summed E-state index contributed by atoms with van der Waals surface area (Å²) in [6.45, 7) is 8.42. The average molecular weight is 598 g/mol. The molecule has 2 aliphatic rings. The Morgan fingerprint density at radius 1 is 1.10 bits per heavy atom. The Morgan fingerprint density at radius 2 is 1.76 bits per heavy atom. The molecule has 11 heteroatoms. The van der Waals surface area contributed by atoms with Gasteiger partial charge in [-0.05, 0) is 52.8 Å². The van der Waals surface area contributed by atoms with Crippen LogP contribution in [0, 0.1) is 23.7 Å². The molecule has 2 rings (SSSR count). The molecule has 4 N–H and O–H groups in total. The van der Waals surface area contributed by atoms with Gasteiger partial charge in [-0.25, -0.2) is 0 Å². The third-order valence-electron chi connectivity index (χ3n) is 8.56. The van der Waals surface area contributed by atoms with Crippen LogP contribution in [-0.2, 0) is 28.6 Å². The lowest BCUT2D eigenvalue weighted by molar-refractivity contribution is -0.304. The number of likely N-dealkylation sites (N-methyl/N-ethyl adjacent to an activating group) is 1. The molecular formula is C31H51NO10. The molecule has 12 atom stereocenters. The number of ketones is 1. The third-order valence-corrected chi connectivity index (χ3v) is 8.56. The van der Waals surface area contributed by atoms with Crippen LogP contribution in [0.3, 0.4) is 0 Å². The van der Waals surface area contributed by atoms with Crippen LogP contribution in [0.4, 0.5) is 0 Å². The van der Waals surface area contributed by atoms with E-state index in [2.05, 4.69) is 0 Å². The fourth-order valence-corrected chi connectivity index (χ4v) is 5.93. The summed E-state index contributed by atoms with van der Waals surface area (Å²) in [5.41, 5.74) is 0.714. The molecule has 2 heterocycles. The van der Waals surface area contributed by atoms with Crippen molar-refractivity contribution < 1.29 is 49.0 Å². The molecule has 11 nitrogen and oxygen atoms in total. The second kappa shape index (κ2) is 16.7. The third kappa shape index (κ3) is 9.51. The highest BCUT2D eigenvalue weighted by Gasteiger charge is 2.47. The smallest absolute Gasteiger partial charge is 0.308 e. The summed E-state index contributed by atoms with van der Waals surface area (Å²) in [6.07, 6.45) is -1.12. The minimum absolute atomic E-state index is 0.000625. The van der Waals surface area contributed by atoms with Gasteiger partial charge in [-0.2, -0.15) is 0 Å². The molecule has 0 spiro atoms. The van der Waals surface area contributed by atoms with E-state index in [1.165, 1.54) is 6.08 Å². The Kier molecular flexibility index (Phi) is 14.4. The first-order chi connectivity index (χ1) is 19.7. The van der Waals surface area contributed by atoms with Crippen molar-refractivity contribution in [2.75, 3.05) is 20.7 Å². The van der Waals surface area contributed by atoms with E-state index in [1.54, 1.807) is 58.8 Å². The van der Waals surface area contributed by atoms with Gasteiger partial charge in [-0.3, -0.25) is 9.59 Å². The summed E-state index contributed by atoms with van der Waals surface area (Å²) in [7, 11) is 3.43. The van der Waals surface area contributed by atoms with Crippen LogP contribution >= 0.6 is 0 Å². The molecule has 0 amide bonds. The van der Waals surface area contributed by atoms with Crippen LogP contribution in [0.5, 0.6) is 0 Å². The number of nitrogens with zero attached hydrogens (tertiary/aromatic N) is 1. The normalized spacial score (nSPS) is 41.6. The predicted octanol–water partition coefficient (Wildman–Crippen LogP) is 1.40. The van der Waals surface area contributed by atoms with Gasteiger partial charge >= 0.3 is 5.97 Å². The van der Waals surface area contributed by atoms with Crippen molar-refractivity contribution >= 4 is 18.0 Å². The molecule has 0 unspecified atom stereocenters. The molecule has 0 aromatic heterocycles. The van der Waals surface area contributed by atoms with Crippen LogP contribution in [-0.4, -0.2) is 113 Å². The first kappa shape index (κ1) is 36.2. The summed E-state index contributed by atoms with van der Waals surface area (Å²) in [6, 6.07) is -0.711. The van der Waals surface area contributed by atoms with Crippen molar-refractivity contribution in [1.82, 2.24) is 4.90 Å². The van der Waals surface area contributed by atoms with E-state index < -0.39 is 78.6 Å². The maximum absolute atomic E-state index is 13.1. The van der Waals surface area contributed by atoms with E-state index in [4.69, 9.17) is 14.2 Å². The Labute approximate surface area is 249 Å². The van der Waals surface area contributed by atoms with E-state index in [0.29, 0.717) is 12.0 Å². The molecule has 0 aromatic carbocycles. The van der Waals surface area contributed by atoms with Gasteiger partial charge in [0.25, 0.3) is 0 Å². The Balaban J connectivity index is 2.52. The van der Waals surface area contributed by atoms with Gasteiger partial charge in [0.1, 0.15) is 18.5 Å². The van der Waals surface area contributed by atoms with Gasteiger partial charge < -0.3 is 44.3 Å². The number of aliphatic hydroxyl groups excluding tert-OH is 4. The molecule has 1 saturated heterocycles. The molecule has 0 aromatic rings. The maximum Gasteiger partial charge on any atom is 0.308 e. The van der Waals surface area contributed by atoms with Gasteiger partial charge in [-0.15, -0.1) is 0 Å². The fraction of sp³-hybridized carbons (Fsp3) is 0.774. The molecule has 0 bridgehead atoms. The SMILES string of the molecule is CC[C@H]1OC(=O)C[C@H](O)[C@H](C)[C@@H](O[C@@H]2O[C@H](C)[C@@H](O)[C@H](N(C)C)[C@H]2O)[C@@H](CC=O)C[C@@H](C)C(=O)/C=C/C(C)=C/[C@@H]1CO. The highest BCUT2D eigenvalue weighted by atomic mass is 16.7. The van der Waals surface area contributed by atoms with Crippen LogP contribution in [0.15, 0.2) is 23.8 Å². The minimum atomic E-state index is -1.27. The summed E-state index contributed by atoms with van der Waals surface area (Å²) in [4.78, 5) is 39.6. The zero-order valence-corrected chi connectivity index (χ0v) is 26.0. The monoisotopic (exact) mass is 597 g/mol. The first-order valence-electron chi connectivity index (χ1n) is 14.9. The standard InChI is InChI=1S/C31H51NO10/c1-8-25-22(16-34)13-17(2)9-10-23(35)18(3)14-21(11-12-33)30(19(4)24(36)15-26(37)41-25)42-31-29(39)27(32(6)7)28(38)20(5)40-31/h9-10,12-13,18-22,24-25,27-31,34,36,38-39H,8,11,14-16H2,1-7H3/b10-9+,17-13+/t18-,19+,20-,21+,22-,24+,25-,27+,28-,29-,30-,31+/m1/s1. The van der Waals surface area contributed by atoms with Crippen molar-refractivity contribution in [3.05, 3.63) is 23.8 Å². The van der Waals surface area contributed by atoms with E-state index in [0.717, 1.165) is 6.29 Å². The topological polar surface area (TPSA) is 163 Å². The van der Waals surface area contributed by atoms with Crippen molar-refractivity contribution in [3.8, 4) is 0 Å². The first-order valence-corrected chi connectivity index (χ1v) is 14.9. The second-order valence-corrected chi connectivity index (χ2v) is 12.1. The number of allylic oxidation sites excluding steroid dienone is 3. The van der Waals surface area contributed by atoms with Gasteiger partial charge in [0.15, 0.2) is 12.1 Å². The van der Waals surface area contributed by atoms with E-state index >= 15 is 0 Å². The number of hydrogen-bond donors (Lipinski definition) is 4. The lowest BCUT2D eigenvalue weighted by atomic mass is 9.79. The molecule has 240 valence electrons. The molecule has 42 heavy (non-hydrogen) atoms. The summed E-state index contributed by atoms with van der Waals surface area (Å²) >= 11 is 0. The number of esters is 1. The lowest BCUT2D eigenvalue weighted by Crippen LogP contribution is -2.63. The number of cyclic esters (lactones) is 1. The van der Waals surface area contributed by atoms with E-state index in [-0.39, 0.29) is 31.7 Å². The predicted molar refractivity (Wildman–Crippen MR) is 155 cm³/mol. The lowest BCUT2D eigenvalue weighted by Gasteiger charge is -2.46. The average Bonchev–Trinajstić information content (AvgIpc) is 2.93. The largest absolute Gasteiger partial charge is 0.462 e. The molecule has 0 aliphatic carbocycles. The number of rotatable bonds is 7. The number of carbonyl (C=O) groups excluding carboxylic acids is 3. The van der Waals surface area contributed by atoms with Gasteiger partial charge in [-0.1, -0.05) is 38.5 Å². The van der Waals surface area contributed by atoms with Gasteiger partial charge in [0, 0.05) is 24.2 Å². The second-order valence-electron chi connectivity index (χ2n) is 12.1. The molecular weight excluding hydrogens is 546 g/mol. The Bertz CT molecular complexity index is 952. The highest BCUT2D eigenvalue weighted by Crippen LogP contribution is 2.34. The molecule has 1 fully saturated rings. The van der Waals surface area contributed by atoms with E-state index in [9.17, 15) is 34.8 Å².